The number of esters is 1. The highest BCUT2D eigenvalue weighted by molar-refractivity contribution is 7.46. The smallest absolute Gasteiger partial charge is 0.495 e. The Hall–Kier alpha value is -4.27. The molecule has 0 unspecified atom stereocenters. The van der Waals surface area contributed by atoms with E-state index in [1.807, 2.05) is 20.8 Å². The number of methoxy groups -OCH3 is 1. The second-order valence-corrected chi connectivity index (χ2v) is 17.5. The van der Waals surface area contributed by atoms with Crippen LogP contribution in [0.2, 0.25) is 10.0 Å². The molecule has 1 amide bonds. The number of hydrogen-bond donors (Lipinski definition) is 4. The second kappa shape index (κ2) is 24.3. The molecule has 352 valence electrons. The fourth-order valence-electron chi connectivity index (χ4n) is 7.19. The fourth-order valence-corrected chi connectivity index (χ4v) is 7.84. The van der Waals surface area contributed by atoms with Crippen molar-refractivity contribution in [1.29, 1.82) is 0 Å². The Labute approximate surface area is 379 Å². The number of carbonyl (C=O) groups excluding carboxylic acids is 3. The molecule has 0 radical (unpaired) electrons. The average molecular weight is 963 g/mol. The molecule has 0 bridgehead atoms. The molecule has 0 saturated carbocycles. The summed E-state index contributed by atoms with van der Waals surface area (Å²) in [6.45, 7) is 5.47. The lowest BCUT2D eigenvalue weighted by molar-refractivity contribution is -0.118. The number of benzene rings is 3. The van der Waals surface area contributed by atoms with Gasteiger partial charge in [-0.25, -0.2) is 22.9 Å². The zero-order valence-corrected chi connectivity index (χ0v) is 38.2. The van der Waals surface area contributed by atoms with Crippen LogP contribution in [-0.2, 0) is 47.7 Å². The van der Waals surface area contributed by atoms with Gasteiger partial charge in [-0.15, -0.1) is 0 Å². The molecule has 3 aromatic carbocycles. The van der Waals surface area contributed by atoms with E-state index in [0.29, 0.717) is 6.42 Å². The van der Waals surface area contributed by atoms with Gasteiger partial charge in [0.2, 0.25) is 12.7 Å². The molecule has 22 heteroatoms. The van der Waals surface area contributed by atoms with Gasteiger partial charge in [-0.05, 0) is 53.8 Å². The van der Waals surface area contributed by atoms with Crippen LogP contribution in [0.25, 0.3) is 0 Å². The molecular formula is C42H52Cl2F2N3O14P. The van der Waals surface area contributed by atoms with Crippen LogP contribution in [0, 0.1) is 17.0 Å². The molecular weight excluding hydrogens is 910 g/mol. The summed E-state index contributed by atoms with van der Waals surface area (Å²) in [7, 11) is -1.70. The Morgan fingerprint density at radius 2 is 1.56 bits per heavy atom. The minimum Gasteiger partial charge on any atom is -0.495 e. The number of aliphatic imine (C=N–C) groups is 1. The Balaban J connectivity index is 1.38. The maximum absolute atomic E-state index is 16.2. The van der Waals surface area contributed by atoms with Gasteiger partial charge < -0.3 is 53.6 Å². The molecule has 17 nitrogen and oxygen atoms in total. The summed E-state index contributed by atoms with van der Waals surface area (Å²) < 4.78 is 83.1. The molecule has 4 rings (SSSR count). The Kier molecular flexibility index (Phi) is 19.9. The number of hydrogen-bond acceptors (Lipinski definition) is 14. The van der Waals surface area contributed by atoms with Gasteiger partial charge in [0.15, 0.2) is 0 Å². The summed E-state index contributed by atoms with van der Waals surface area (Å²) in [5.74, 6) is -4.07. The lowest BCUT2D eigenvalue weighted by Crippen LogP contribution is -2.47. The van der Waals surface area contributed by atoms with Gasteiger partial charge >= 0.3 is 19.9 Å². The minimum atomic E-state index is -4.53. The first-order chi connectivity index (χ1) is 30.3. The normalized spacial score (nSPS) is 18.8. The van der Waals surface area contributed by atoms with Crippen LogP contribution in [0.3, 0.4) is 0 Å². The van der Waals surface area contributed by atoms with Crippen LogP contribution in [-0.4, -0.2) is 120 Å². The van der Waals surface area contributed by atoms with E-state index in [4.69, 9.17) is 66.1 Å². The van der Waals surface area contributed by atoms with Crippen LogP contribution in [0.15, 0.2) is 59.6 Å². The third-order valence-electron chi connectivity index (χ3n) is 9.70. The largest absolute Gasteiger partial charge is 0.511 e. The molecule has 0 aromatic heterocycles. The molecule has 3 aromatic rings. The third kappa shape index (κ3) is 14.9. The number of halogens is 4. The van der Waals surface area contributed by atoms with Crippen molar-refractivity contribution in [2.24, 2.45) is 10.4 Å². The first-order valence-electron chi connectivity index (χ1n) is 19.8. The van der Waals surface area contributed by atoms with Gasteiger partial charge in [-0.1, -0.05) is 62.2 Å². The summed E-state index contributed by atoms with van der Waals surface area (Å²) in [5.41, 5.74) is -1.52. The lowest BCUT2D eigenvalue weighted by Gasteiger charge is -2.40. The van der Waals surface area contributed by atoms with E-state index in [0.717, 1.165) is 6.07 Å². The van der Waals surface area contributed by atoms with Crippen LogP contribution in [0.5, 0.6) is 5.75 Å². The molecule has 4 atom stereocenters. The average Bonchev–Trinajstić information content (AvgIpc) is 3.52. The van der Waals surface area contributed by atoms with Crippen molar-refractivity contribution < 1.29 is 75.2 Å². The summed E-state index contributed by atoms with van der Waals surface area (Å²) in [4.78, 5) is 61.0. The molecule has 0 aliphatic carbocycles. The van der Waals surface area contributed by atoms with Gasteiger partial charge in [-0.3, -0.25) is 14.3 Å². The van der Waals surface area contributed by atoms with Crippen molar-refractivity contribution in [3.63, 3.8) is 0 Å². The quantitative estimate of drug-likeness (QED) is 0.0251. The van der Waals surface area contributed by atoms with E-state index in [1.54, 1.807) is 12.3 Å². The maximum Gasteiger partial charge on any atom is 0.511 e. The molecule has 64 heavy (non-hydrogen) atoms. The summed E-state index contributed by atoms with van der Waals surface area (Å²) in [5, 5.41) is 6.18. The van der Waals surface area contributed by atoms with E-state index < -0.39 is 67.7 Å². The minimum absolute atomic E-state index is 0.0123. The van der Waals surface area contributed by atoms with Gasteiger partial charge in [0.25, 0.3) is 0 Å². The highest BCUT2D eigenvalue weighted by Crippen LogP contribution is 2.52. The number of nitrogens with one attached hydrogen (secondary N) is 2. The zero-order valence-electron chi connectivity index (χ0n) is 35.8. The van der Waals surface area contributed by atoms with Crippen molar-refractivity contribution in [2.75, 3.05) is 79.1 Å². The number of anilines is 1. The number of phosphoric acid groups is 1. The van der Waals surface area contributed by atoms with Crippen molar-refractivity contribution in [1.82, 2.24) is 5.32 Å². The van der Waals surface area contributed by atoms with Gasteiger partial charge in [0.05, 0.1) is 81.1 Å². The Morgan fingerprint density at radius 1 is 0.906 bits per heavy atom. The van der Waals surface area contributed by atoms with Gasteiger partial charge in [-0.2, -0.15) is 0 Å². The molecule has 0 spiro atoms. The van der Waals surface area contributed by atoms with Crippen LogP contribution < -0.4 is 15.4 Å². The topological polar surface area (TPSA) is 219 Å². The zero-order chi connectivity index (χ0) is 47.1. The standard InChI is InChI=1S/C42H52Cl2F2N3O14P/c1-41(2,3)23-34-42(24-47-4,29-11-10-27(43)22-31(29)45)35(28-7-6-8-30(44)36(28)46)37(49-34)38(50)48-32-12-9-26(21-33(32)56-5)39(51)61-25-62-40(52)60-19-17-58-15-13-57-14-16-59-18-20-63-64(53,54)55/h6-12,21-22,24,34-35,37,49H,13-20,23,25H2,1-5H3,(H,48,50)(H2,53,54,55)/b47-24-/t34-,35-,37+,42-/m0/s1. The lowest BCUT2D eigenvalue weighted by atomic mass is 9.62. The monoisotopic (exact) mass is 961 g/mol. The first kappa shape index (κ1) is 52.4. The van der Waals surface area contributed by atoms with Crippen LogP contribution in [0.1, 0.15) is 54.6 Å². The number of rotatable bonds is 23. The highest BCUT2D eigenvalue weighted by atomic mass is 35.5. The van der Waals surface area contributed by atoms with Crippen molar-refractivity contribution >= 4 is 61.0 Å². The number of phosphoric ester groups is 1. The van der Waals surface area contributed by atoms with E-state index in [9.17, 15) is 18.9 Å². The van der Waals surface area contributed by atoms with Crippen LogP contribution in [0.4, 0.5) is 19.3 Å². The Bertz CT molecular complexity index is 2140. The number of carbonyl (C=O) groups is 3. The molecule has 4 N–H and O–H groups in total. The molecule has 1 aliphatic rings. The molecule has 1 fully saturated rings. The Morgan fingerprint density at radius 3 is 2.17 bits per heavy atom. The van der Waals surface area contributed by atoms with Crippen molar-refractivity contribution in [3.05, 3.63) is 93.0 Å². The highest BCUT2D eigenvalue weighted by Gasteiger charge is 2.59. The van der Waals surface area contributed by atoms with Crippen molar-refractivity contribution in [3.8, 4) is 5.75 Å². The molecule has 1 saturated heterocycles. The number of amides is 1. The van der Waals surface area contributed by atoms with E-state index in [1.165, 1.54) is 56.6 Å². The summed E-state index contributed by atoms with van der Waals surface area (Å²) >= 11 is 12.5. The number of ether oxygens (including phenoxy) is 7. The van der Waals surface area contributed by atoms with Gasteiger partial charge in [0, 0.05) is 35.8 Å². The summed E-state index contributed by atoms with van der Waals surface area (Å²) in [6.07, 6.45) is 0.809. The molecule has 1 aliphatic heterocycles. The van der Waals surface area contributed by atoms with Crippen LogP contribution >= 0.6 is 31.0 Å². The predicted octanol–water partition coefficient (Wildman–Crippen LogP) is 6.84. The maximum atomic E-state index is 16.2. The second-order valence-electron chi connectivity index (χ2n) is 15.4. The van der Waals surface area contributed by atoms with E-state index in [2.05, 4.69) is 20.1 Å². The molecule has 1 heterocycles. The SMILES string of the molecule is C/N=C\[C@]1(c2ccc(Cl)cc2F)[C@H](CC(C)(C)C)N[C@@H](C(=O)Nc2ccc(C(=O)OCOC(=O)OCCOCCOCCOCCOP(=O)(O)O)cc2OC)[C@@H]1c1cccc(Cl)c1F. The van der Waals surface area contributed by atoms with E-state index >= 15 is 8.78 Å². The van der Waals surface area contributed by atoms with Crippen molar-refractivity contribution in [2.45, 2.75) is 50.6 Å². The van der Waals surface area contributed by atoms with E-state index in [-0.39, 0.29) is 96.4 Å². The summed E-state index contributed by atoms with van der Waals surface area (Å²) in [6, 6.07) is 10.8. The predicted molar refractivity (Wildman–Crippen MR) is 231 cm³/mol. The fraction of sp³-hybridized carbons (Fsp3) is 0.476. The first-order valence-corrected chi connectivity index (χ1v) is 22.1. The number of nitrogens with zero attached hydrogens (tertiary/aromatic N) is 1. The van der Waals surface area contributed by atoms with Gasteiger partial charge in [0.1, 0.15) is 24.0 Å². The third-order valence-corrected chi connectivity index (χ3v) is 10.7.